The van der Waals surface area contributed by atoms with Crippen LogP contribution in [0.2, 0.25) is 0 Å². The van der Waals surface area contributed by atoms with E-state index < -0.39 is 11.9 Å². The van der Waals surface area contributed by atoms with Crippen LogP contribution in [0.4, 0.5) is 5.69 Å². The Morgan fingerprint density at radius 3 is 2.15 bits per heavy atom. The highest BCUT2D eigenvalue weighted by Gasteiger charge is 2.21. The number of carboxylic acid groups (broad SMARTS) is 1. The van der Waals surface area contributed by atoms with Crippen LogP contribution in [0.3, 0.4) is 0 Å². The van der Waals surface area contributed by atoms with Gasteiger partial charge in [0.1, 0.15) is 6.07 Å². The number of aryl methyl sites for hydroxylation is 1. The molecule has 39 heavy (non-hydrogen) atoms. The molecule has 0 bridgehead atoms. The lowest BCUT2D eigenvalue weighted by molar-refractivity contribution is -0.125. The van der Waals surface area contributed by atoms with Crippen molar-refractivity contribution in [3.8, 4) is 17.5 Å². The molecule has 0 saturated heterocycles. The molecule has 2 amide bonds. The molecule has 0 radical (unpaired) electrons. The van der Waals surface area contributed by atoms with E-state index >= 15 is 0 Å². The molecular formula is C29H35N5O5. The lowest BCUT2D eigenvalue weighted by Gasteiger charge is -2.22. The minimum absolute atomic E-state index is 0.0482. The summed E-state index contributed by atoms with van der Waals surface area (Å²) in [6.07, 6.45) is 2.64. The molecule has 0 atom stereocenters. The normalized spacial score (nSPS) is 11.1. The van der Waals surface area contributed by atoms with Gasteiger partial charge >= 0.3 is 5.97 Å². The number of methoxy groups -OCH3 is 1. The van der Waals surface area contributed by atoms with Crippen molar-refractivity contribution in [2.75, 3.05) is 12.4 Å². The molecule has 10 heteroatoms. The Kier molecular flexibility index (Phi) is 9.26. The summed E-state index contributed by atoms with van der Waals surface area (Å²) in [4.78, 5) is 34.5. The second-order valence-electron chi connectivity index (χ2n) is 11.0. The van der Waals surface area contributed by atoms with Gasteiger partial charge in [-0.15, -0.1) is 0 Å². The van der Waals surface area contributed by atoms with E-state index in [1.165, 1.54) is 24.2 Å². The van der Waals surface area contributed by atoms with Crippen molar-refractivity contribution < 1.29 is 24.2 Å². The Bertz CT molecular complexity index is 1440. The summed E-state index contributed by atoms with van der Waals surface area (Å²) >= 11 is 0. The zero-order chi connectivity index (χ0) is 29.7. The summed E-state index contributed by atoms with van der Waals surface area (Å²) in [5.41, 5.74) is 7.74. The first-order valence-electron chi connectivity index (χ1n) is 12.1. The van der Waals surface area contributed by atoms with Crippen LogP contribution < -0.4 is 15.8 Å². The predicted molar refractivity (Wildman–Crippen MR) is 148 cm³/mol. The van der Waals surface area contributed by atoms with Crippen LogP contribution in [0.15, 0.2) is 42.7 Å². The van der Waals surface area contributed by atoms with Crippen LogP contribution in [-0.4, -0.2) is 39.8 Å². The van der Waals surface area contributed by atoms with Gasteiger partial charge in [0.25, 0.3) is 5.91 Å². The molecule has 1 heterocycles. The first-order valence-corrected chi connectivity index (χ1v) is 12.1. The van der Waals surface area contributed by atoms with Gasteiger partial charge in [0.15, 0.2) is 5.75 Å². The molecule has 0 saturated carbocycles. The molecule has 3 aromatic rings. The van der Waals surface area contributed by atoms with E-state index in [0.29, 0.717) is 28.3 Å². The third-order valence-corrected chi connectivity index (χ3v) is 5.81. The van der Waals surface area contributed by atoms with Gasteiger partial charge in [0, 0.05) is 17.2 Å². The molecule has 206 valence electrons. The maximum atomic E-state index is 13.1. The number of amides is 2. The van der Waals surface area contributed by atoms with Crippen molar-refractivity contribution in [3.05, 3.63) is 70.5 Å². The van der Waals surface area contributed by atoms with Crippen molar-refractivity contribution >= 4 is 23.5 Å². The van der Waals surface area contributed by atoms with Gasteiger partial charge in [-0.05, 0) is 47.7 Å². The minimum atomic E-state index is -1.08. The van der Waals surface area contributed by atoms with Gasteiger partial charge < -0.3 is 20.9 Å². The molecule has 2 aromatic carbocycles. The largest absolute Gasteiger partial charge is 0.493 e. The standard InChI is InChI=1S/C24H24N4O4.C5H11NO/c1-14-6-7-15(9-20(14)28-13-17(12-26-28)23(30)31)22(29)27-19-10-18(24(2,3)4)8-16(11-25)21(19)32-5;1-5(2,3)4(6)7/h6-10,12-13H,1-5H3,(H,27,29)(H,30,31);1-3H3,(H2,6,7). The summed E-state index contributed by atoms with van der Waals surface area (Å²) < 4.78 is 6.82. The number of hydrogen-bond donors (Lipinski definition) is 3. The molecule has 0 aliphatic heterocycles. The average molecular weight is 534 g/mol. The van der Waals surface area contributed by atoms with Gasteiger partial charge in [0.05, 0.1) is 35.8 Å². The van der Waals surface area contributed by atoms with E-state index in [9.17, 15) is 19.6 Å². The fourth-order valence-corrected chi connectivity index (χ4v) is 3.21. The SMILES string of the molecule is CC(C)(C)C(N)=O.COc1c(C#N)cc(C(C)(C)C)cc1NC(=O)c1ccc(C)c(-n2cc(C(=O)O)cn2)c1. The van der Waals surface area contributed by atoms with Crippen LogP contribution in [0.1, 0.15) is 78.9 Å². The van der Waals surface area contributed by atoms with Crippen LogP contribution in [0.5, 0.6) is 5.75 Å². The number of nitrogens with zero attached hydrogens (tertiary/aromatic N) is 3. The lowest BCUT2D eigenvalue weighted by Crippen LogP contribution is -2.27. The Morgan fingerprint density at radius 2 is 1.69 bits per heavy atom. The molecule has 3 rings (SSSR count). The smallest absolute Gasteiger partial charge is 0.338 e. The van der Waals surface area contributed by atoms with Crippen LogP contribution in [-0.2, 0) is 10.2 Å². The minimum Gasteiger partial charge on any atom is -0.493 e. The number of aromatic carboxylic acids is 1. The molecule has 4 N–H and O–H groups in total. The molecule has 1 aromatic heterocycles. The van der Waals surface area contributed by atoms with Gasteiger partial charge in [-0.25, -0.2) is 9.48 Å². The number of nitriles is 1. The summed E-state index contributed by atoms with van der Waals surface area (Å²) in [5, 5.41) is 25.6. The average Bonchev–Trinajstić information content (AvgIpc) is 3.33. The summed E-state index contributed by atoms with van der Waals surface area (Å²) in [6, 6.07) is 10.8. The van der Waals surface area contributed by atoms with Crippen molar-refractivity contribution in [2.24, 2.45) is 11.1 Å². The zero-order valence-electron chi connectivity index (χ0n) is 23.5. The molecule has 0 aliphatic rings. The molecule has 0 spiro atoms. The van der Waals surface area contributed by atoms with Crippen molar-refractivity contribution in [2.45, 2.75) is 53.9 Å². The van der Waals surface area contributed by atoms with Gasteiger partial charge in [0.2, 0.25) is 5.91 Å². The monoisotopic (exact) mass is 533 g/mol. The number of primary amides is 1. The quantitative estimate of drug-likeness (QED) is 0.423. The van der Waals surface area contributed by atoms with E-state index in [-0.39, 0.29) is 22.3 Å². The molecule has 10 nitrogen and oxygen atoms in total. The van der Waals surface area contributed by atoms with E-state index in [4.69, 9.17) is 15.6 Å². The second kappa shape index (κ2) is 11.8. The maximum absolute atomic E-state index is 13.1. The Labute approximate surface area is 228 Å². The molecule has 0 fully saturated rings. The molecule has 0 aliphatic carbocycles. The van der Waals surface area contributed by atoms with E-state index in [1.54, 1.807) is 51.1 Å². The number of anilines is 1. The van der Waals surface area contributed by atoms with Crippen molar-refractivity contribution in [1.82, 2.24) is 9.78 Å². The summed E-state index contributed by atoms with van der Waals surface area (Å²) in [7, 11) is 1.45. The number of carbonyl (C=O) groups is 3. The highest BCUT2D eigenvalue weighted by atomic mass is 16.5. The number of carbonyl (C=O) groups excluding carboxylic acids is 2. The topological polar surface area (TPSA) is 160 Å². The second-order valence-corrected chi connectivity index (χ2v) is 11.0. The van der Waals surface area contributed by atoms with Crippen LogP contribution >= 0.6 is 0 Å². The van der Waals surface area contributed by atoms with Gasteiger partial charge in [-0.3, -0.25) is 9.59 Å². The fourth-order valence-electron chi connectivity index (χ4n) is 3.21. The lowest BCUT2D eigenvalue weighted by atomic mass is 9.85. The number of nitrogens with two attached hydrogens (primary N) is 1. The first-order chi connectivity index (χ1) is 18.0. The molecule has 0 unspecified atom stereocenters. The predicted octanol–water partition coefficient (Wildman–Crippen LogP) is 4.83. The van der Waals surface area contributed by atoms with E-state index in [1.807, 2.05) is 27.7 Å². The number of carboxylic acids is 1. The number of benzene rings is 2. The maximum Gasteiger partial charge on any atom is 0.338 e. The number of hydrogen-bond acceptors (Lipinski definition) is 6. The van der Waals surface area contributed by atoms with Crippen molar-refractivity contribution in [1.29, 1.82) is 5.26 Å². The van der Waals surface area contributed by atoms with Crippen LogP contribution in [0, 0.1) is 23.7 Å². The molecular weight excluding hydrogens is 498 g/mol. The van der Waals surface area contributed by atoms with Gasteiger partial charge in [-0.2, -0.15) is 10.4 Å². The van der Waals surface area contributed by atoms with Crippen molar-refractivity contribution in [3.63, 3.8) is 0 Å². The van der Waals surface area contributed by atoms with Crippen LogP contribution in [0.25, 0.3) is 5.69 Å². The van der Waals surface area contributed by atoms with E-state index in [2.05, 4.69) is 16.5 Å². The summed E-state index contributed by atoms with van der Waals surface area (Å²) in [6.45, 7) is 13.3. The highest BCUT2D eigenvalue weighted by molar-refractivity contribution is 6.05. The Hall–Kier alpha value is -4.65. The summed E-state index contributed by atoms with van der Waals surface area (Å²) in [5.74, 6) is -1.45. The Morgan fingerprint density at radius 1 is 1.08 bits per heavy atom. The third kappa shape index (κ3) is 7.68. The zero-order valence-corrected chi connectivity index (χ0v) is 23.5. The fraction of sp³-hybridized carbons (Fsp3) is 0.345. The van der Waals surface area contributed by atoms with E-state index in [0.717, 1.165) is 11.1 Å². The number of nitrogens with one attached hydrogen (secondary N) is 1. The number of aromatic nitrogens is 2. The van der Waals surface area contributed by atoms with Gasteiger partial charge in [-0.1, -0.05) is 47.6 Å². The highest BCUT2D eigenvalue weighted by Crippen LogP contribution is 2.35. The first kappa shape index (κ1) is 30.6. The number of ether oxygens (including phenoxy) is 1. The number of rotatable bonds is 5. The Balaban J connectivity index is 0.000000673. The third-order valence-electron chi connectivity index (χ3n) is 5.81.